The fraction of sp³-hybridized carbons (Fsp3) is 1.00. The molecule has 0 aromatic carbocycles. The largest absolute Gasteiger partial charge is 0.317 e. The molecule has 0 amide bonds. The summed E-state index contributed by atoms with van der Waals surface area (Å²) in [5, 5.41) is 4.49. The molecule has 0 heterocycles. The van der Waals surface area contributed by atoms with Crippen molar-refractivity contribution < 1.29 is 0 Å². The Kier molecular flexibility index (Phi) is 8.81. The maximum atomic E-state index is 3.39. The zero-order valence-corrected chi connectivity index (χ0v) is 9.15. The van der Waals surface area contributed by atoms with Gasteiger partial charge in [-0.25, -0.2) is 0 Å². The third-order valence-corrected chi connectivity index (χ3v) is 2.01. The average Bonchev–Trinajstić information content (AvgIpc) is 1.96. The van der Waals surface area contributed by atoms with E-state index >= 15 is 0 Å². The molecule has 0 spiro atoms. The van der Waals surface area contributed by atoms with Crippen LogP contribution in [0.2, 0.25) is 0 Å². The van der Waals surface area contributed by atoms with Gasteiger partial charge in [0.05, 0.1) is 0 Å². The van der Waals surface area contributed by atoms with Crippen LogP contribution in [0.1, 0.15) is 12.8 Å². The highest BCUT2D eigenvalue weighted by Crippen LogP contribution is 1.85. The van der Waals surface area contributed by atoms with Crippen LogP contribution in [-0.2, 0) is 0 Å². The van der Waals surface area contributed by atoms with Crippen LogP contribution in [0.15, 0.2) is 0 Å². The molecule has 0 rings (SSSR count). The summed E-state index contributed by atoms with van der Waals surface area (Å²) in [6.07, 6.45) is 2.47. The number of alkyl halides is 1. The Labute approximate surface area is 78.5 Å². The summed E-state index contributed by atoms with van der Waals surface area (Å²) in [5.74, 6) is 0. The van der Waals surface area contributed by atoms with Crippen LogP contribution < -0.4 is 5.32 Å². The van der Waals surface area contributed by atoms with Gasteiger partial charge in [0.15, 0.2) is 0 Å². The summed E-state index contributed by atoms with van der Waals surface area (Å²) >= 11 is 3.39. The molecule has 0 aromatic heterocycles. The van der Waals surface area contributed by atoms with Crippen molar-refractivity contribution in [1.29, 1.82) is 0 Å². The van der Waals surface area contributed by atoms with Crippen LogP contribution in [0.25, 0.3) is 0 Å². The zero-order valence-electron chi connectivity index (χ0n) is 7.57. The van der Waals surface area contributed by atoms with Crippen LogP contribution in [0.4, 0.5) is 0 Å². The number of nitrogens with one attached hydrogen (secondary N) is 1. The van der Waals surface area contributed by atoms with Crippen LogP contribution in [0.3, 0.4) is 0 Å². The average molecular weight is 223 g/mol. The molecule has 2 nitrogen and oxygen atoms in total. The van der Waals surface area contributed by atoms with Crippen molar-refractivity contribution >= 4 is 15.9 Å². The lowest BCUT2D eigenvalue weighted by Gasteiger charge is -2.09. The first-order valence-corrected chi connectivity index (χ1v) is 5.31. The van der Waals surface area contributed by atoms with Gasteiger partial charge in [0.25, 0.3) is 0 Å². The van der Waals surface area contributed by atoms with E-state index in [-0.39, 0.29) is 0 Å². The molecule has 0 atom stereocenters. The Hall–Kier alpha value is 0.400. The normalized spacial score (nSPS) is 10.9. The van der Waals surface area contributed by atoms with Gasteiger partial charge in [0.1, 0.15) is 0 Å². The van der Waals surface area contributed by atoms with Crippen molar-refractivity contribution in [3.05, 3.63) is 0 Å². The molecule has 0 aliphatic heterocycles. The molecule has 0 unspecified atom stereocenters. The molecule has 3 heteroatoms. The van der Waals surface area contributed by atoms with Gasteiger partial charge in [-0.1, -0.05) is 15.9 Å². The monoisotopic (exact) mass is 222 g/mol. The van der Waals surface area contributed by atoms with Crippen molar-refractivity contribution in [1.82, 2.24) is 10.2 Å². The van der Waals surface area contributed by atoms with Gasteiger partial charge in [0, 0.05) is 5.33 Å². The zero-order chi connectivity index (χ0) is 8.53. The summed E-state index contributed by atoms with van der Waals surface area (Å²) < 4.78 is 0. The van der Waals surface area contributed by atoms with Gasteiger partial charge in [-0.3, -0.25) is 0 Å². The van der Waals surface area contributed by atoms with E-state index < -0.39 is 0 Å². The molecule has 0 aliphatic rings. The predicted molar refractivity (Wildman–Crippen MR) is 54.5 cm³/mol. The molecule has 0 aromatic rings. The van der Waals surface area contributed by atoms with Crippen molar-refractivity contribution in [3.63, 3.8) is 0 Å². The van der Waals surface area contributed by atoms with Gasteiger partial charge < -0.3 is 10.2 Å². The second-order valence-electron chi connectivity index (χ2n) is 2.95. The SMILES string of the molecule is CN(C)CCCNCCCBr. The van der Waals surface area contributed by atoms with Crippen LogP contribution in [0, 0.1) is 0 Å². The Morgan fingerprint density at radius 1 is 1.18 bits per heavy atom. The first-order valence-electron chi connectivity index (χ1n) is 4.19. The van der Waals surface area contributed by atoms with Gasteiger partial charge in [-0.2, -0.15) is 0 Å². The molecule has 0 aliphatic carbocycles. The Morgan fingerprint density at radius 3 is 2.36 bits per heavy atom. The minimum Gasteiger partial charge on any atom is -0.317 e. The molecule has 0 saturated heterocycles. The van der Waals surface area contributed by atoms with Gasteiger partial charge in [0.2, 0.25) is 0 Å². The number of hydrogen-bond acceptors (Lipinski definition) is 2. The molecule has 0 radical (unpaired) electrons. The van der Waals surface area contributed by atoms with Gasteiger partial charge in [-0.05, 0) is 46.6 Å². The smallest absolute Gasteiger partial charge is 0.00433 e. The number of halogens is 1. The molecule has 0 bridgehead atoms. The van der Waals surface area contributed by atoms with Crippen molar-refractivity contribution in [2.24, 2.45) is 0 Å². The third kappa shape index (κ3) is 10.4. The van der Waals surface area contributed by atoms with Gasteiger partial charge in [-0.15, -0.1) is 0 Å². The molecule has 0 saturated carbocycles. The summed E-state index contributed by atoms with van der Waals surface area (Å²) in [5.41, 5.74) is 0. The lowest BCUT2D eigenvalue weighted by atomic mass is 10.4. The van der Waals surface area contributed by atoms with E-state index in [0.717, 1.165) is 18.4 Å². The van der Waals surface area contributed by atoms with E-state index in [1.54, 1.807) is 0 Å². The fourth-order valence-corrected chi connectivity index (χ4v) is 1.12. The van der Waals surface area contributed by atoms with Crippen molar-refractivity contribution in [2.45, 2.75) is 12.8 Å². The molecule has 0 fully saturated rings. The maximum Gasteiger partial charge on any atom is 0.00433 e. The van der Waals surface area contributed by atoms with Crippen molar-refractivity contribution in [3.8, 4) is 0 Å². The molecular formula is C8H19BrN2. The van der Waals surface area contributed by atoms with E-state index in [9.17, 15) is 0 Å². The standard InChI is InChI=1S/C8H19BrN2/c1-11(2)8-4-7-10-6-3-5-9/h10H,3-8H2,1-2H3. The van der Waals surface area contributed by atoms with E-state index in [1.165, 1.54) is 19.4 Å². The highest BCUT2D eigenvalue weighted by Gasteiger charge is 1.89. The summed E-state index contributed by atoms with van der Waals surface area (Å²) in [7, 11) is 4.22. The van der Waals surface area contributed by atoms with Crippen molar-refractivity contribution in [2.75, 3.05) is 39.1 Å². The van der Waals surface area contributed by atoms with Crippen LogP contribution in [-0.4, -0.2) is 44.0 Å². The molecule has 11 heavy (non-hydrogen) atoms. The van der Waals surface area contributed by atoms with E-state index in [1.807, 2.05) is 0 Å². The maximum absolute atomic E-state index is 3.39. The summed E-state index contributed by atoms with van der Waals surface area (Å²) in [6, 6.07) is 0. The second kappa shape index (κ2) is 8.50. The number of nitrogens with zero attached hydrogens (tertiary/aromatic N) is 1. The first kappa shape index (κ1) is 11.4. The van der Waals surface area contributed by atoms with Crippen LogP contribution in [0.5, 0.6) is 0 Å². The quantitative estimate of drug-likeness (QED) is 0.517. The molecule has 68 valence electrons. The first-order chi connectivity index (χ1) is 5.27. The minimum atomic E-state index is 1.10. The predicted octanol–water partition coefficient (Wildman–Crippen LogP) is 1.31. The summed E-state index contributed by atoms with van der Waals surface area (Å²) in [6.45, 7) is 3.46. The van der Waals surface area contributed by atoms with Crippen LogP contribution >= 0.6 is 15.9 Å². The minimum absolute atomic E-state index is 1.10. The number of hydrogen-bond donors (Lipinski definition) is 1. The Bertz CT molecular complexity index is 76.5. The lowest BCUT2D eigenvalue weighted by molar-refractivity contribution is 0.395. The Balaban J connectivity index is 2.80. The number of rotatable bonds is 7. The second-order valence-corrected chi connectivity index (χ2v) is 3.74. The highest BCUT2D eigenvalue weighted by molar-refractivity contribution is 9.09. The van der Waals surface area contributed by atoms with E-state index in [0.29, 0.717) is 0 Å². The Morgan fingerprint density at radius 2 is 1.82 bits per heavy atom. The fourth-order valence-electron chi connectivity index (χ4n) is 0.837. The molecular weight excluding hydrogens is 204 g/mol. The topological polar surface area (TPSA) is 15.3 Å². The van der Waals surface area contributed by atoms with E-state index in [2.05, 4.69) is 40.2 Å². The highest BCUT2D eigenvalue weighted by atomic mass is 79.9. The third-order valence-electron chi connectivity index (χ3n) is 1.45. The van der Waals surface area contributed by atoms with E-state index in [4.69, 9.17) is 0 Å². The lowest BCUT2D eigenvalue weighted by Crippen LogP contribution is -2.22. The molecule has 1 N–H and O–H groups in total. The summed E-state index contributed by atoms with van der Waals surface area (Å²) in [4.78, 5) is 2.21. The van der Waals surface area contributed by atoms with Gasteiger partial charge >= 0.3 is 0 Å².